The van der Waals surface area contributed by atoms with Crippen LogP contribution in [0.5, 0.6) is 11.5 Å². The molecule has 0 aliphatic carbocycles. The van der Waals surface area contributed by atoms with Gasteiger partial charge in [-0.1, -0.05) is 0 Å². The van der Waals surface area contributed by atoms with Crippen LogP contribution in [0, 0.1) is 5.41 Å². The Kier molecular flexibility index (Phi) is 6.36. The minimum Gasteiger partial charge on any atom is -0.494 e. The summed E-state index contributed by atoms with van der Waals surface area (Å²) in [6, 6.07) is 7.52. The van der Waals surface area contributed by atoms with Gasteiger partial charge in [0.05, 0.1) is 18.6 Å². The van der Waals surface area contributed by atoms with Crippen LogP contribution < -0.4 is 9.47 Å². The van der Waals surface area contributed by atoms with Gasteiger partial charge in [-0.15, -0.1) is 0 Å². The second-order valence-electron chi connectivity index (χ2n) is 5.40. The zero-order valence-electron chi connectivity index (χ0n) is 12.5. The van der Waals surface area contributed by atoms with Crippen molar-refractivity contribution in [3.05, 3.63) is 24.3 Å². The summed E-state index contributed by atoms with van der Waals surface area (Å²) in [5.74, 6) is 0.902. The highest BCUT2D eigenvalue weighted by Gasteiger charge is 2.25. The van der Waals surface area contributed by atoms with Crippen molar-refractivity contribution in [3.8, 4) is 11.5 Å². The predicted molar refractivity (Wildman–Crippen MR) is 78.4 cm³/mol. The van der Waals surface area contributed by atoms with Gasteiger partial charge in [-0.3, -0.25) is 4.79 Å². The molecule has 0 spiro atoms. The van der Waals surface area contributed by atoms with Crippen molar-refractivity contribution >= 4 is 5.97 Å². The monoisotopic (exact) mass is 280 g/mol. The van der Waals surface area contributed by atoms with Crippen LogP contribution in [0.1, 0.15) is 40.0 Å². The number of unbranched alkanes of at least 4 members (excludes halogenated alkanes) is 1. The van der Waals surface area contributed by atoms with Gasteiger partial charge in [0.25, 0.3) is 0 Å². The molecule has 0 aliphatic rings. The fourth-order valence-corrected chi connectivity index (χ4v) is 1.76. The minimum atomic E-state index is -0.745. The maximum atomic E-state index is 10.9. The summed E-state index contributed by atoms with van der Waals surface area (Å²) in [5, 5.41) is 9.00. The lowest BCUT2D eigenvalue weighted by Gasteiger charge is -2.18. The van der Waals surface area contributed by atoms with Crippen molar-refractivity contribution in [1.82, 2.24) is 0 Å². The first-order chi connectivity index (χ1) is 9.45. The molecule has 0 radical (unpaired) electrons. The summed E-state index contributed by atoms with van der Waals surface area (Å²) in [5.41, 5.74) is -0.654. The highest BCUT2D eigenvalue weighted by atomic mass is 16.5. The van der Waals surface area contributed by atoms with Crippen LogP contribution in [-0.4, -0.2) is 24.3 Å². The van der Waals surface area contributed by atoms with Gasteiger partial charge in [-0.25, -0.2) is 0 Å². The fourth-order valence-electron chi connectivity index (χ4n) is 1.76. The zero-order valence-corrected chi connectivity index (χ0v) is 12.5. The Labute approximate surface area is 120 Å². The number of hydrogen-bond acceptors (Lipinski definition) is 3. The SMILES string of the molecule is CCOc1ccc(OCCCCC(C)(C)C(=O)O)cc1. The van der Waals surface area contributed by atoms with Gasteiger partial charge in [0, 0.05) is 0 Å². The zero-order chi connectivity index (χ0) is 15.0. The lowest BCUT2D eigenvalue weighted by molar-refractivity contribution is -0.147. The lowest BCUT2D eigenvalue weighted by atomic mass is 9.87. The van der Waals surface area contributed by atoms with E-state index in [1.165, 1.54) is 0 Å². The van der Waals surface area contributed by atoms with E-state index in [0.29, 0.717) is 19.6 Å². The summed E-state index contributed by atoms with van der Waals surface area (Å²) >= 11 is 0. The predicted octanol–water partition coefficient (Wildman–Crippen LogP) is 3.75. The first kappa shape index (κ1) is 16.3. The van der Waals surface area contributed by atoms with Crippen LogP contribution in [-0.2, 0) is 4.79 Å². The highest BCUT2D eigenvalue weighted by molar-refractivity contribution is 5.73. The maximum absolute atomic E-state index is 10.9. The van der Waals surface area contributed by atoms with Gasteiger partial charge in [-0.05, 0) is 64.3 Å². The molecule has 0 saturated heterocycles. The van der Waals surface area contributed by atoms with Crippen molar-refractivity contribution in [3.63, 3.8) is 0 Å². The summed E-state index contributed by atoms with van der Waals surface area (Å²) < 4.78 is 11.0. The number of benzene rings is 1. The first-order valence-corrected chi connectivity index (χ1v) is 7.05. The van der Waals surface area contributed by atoms with E-state index in [2.05, 4.69) is 0 Å². The van der Waals surface area contributed by atoms with E-state index >= 15 is 0 Å². The molecule has 0 aromatic heterocycles. The molecule has 0 saturated carbocycles. The second-order valence-corrected chi connectivity index (χ2v) is 5.40. The topological polar surface area (TPSA) is 55.8 Å². The lowest BCUT2D eigenvalue weighted by Crippen LogP contribution is -2.23. The molecule has 1 aromatic rings. The van der Waals surface area contributed by atoms with E-state index in [9.17, 15) is 4.79 Å². The Balaban J connectivity index is 2.23. The molecule has 1 aromatic carbocycles. The second kappa shape index (κ2) is 7.78. The van der Waals surface area contributed by atoms with Crippen LogP contribution >= 0.6 is 0 Å². The number of hydrogen-bond donors (Lipinski definition) is 1. The van der Waals surface area contributed by atoms with Gasteiger partial charge >= 0.3 is 5.97 Å². The Bertz CT molecular complexity index is 409. The van der Waals surface area contributed by atoms with Gasteiger partial charge in [0.1, 0.15) is 11.5 Å². The Morgan fingerprint density at radius 3 is 2.15 bits per heavy atom. The van der Waals surface area contributed by atoms with Crippen LogP contribution in [0.15, 0.2) is 24.3 Å². The molecule has 0 bridgehead atoms. The largest absolute Gasteiger partial charge is 0.494 e. The molecular formula is C16H24O4. The number of ether oxygens (including phenoxy) is 2. The highest BCUT2D eigenvalue weighted by Crippen LogP contribution is 2.23. The van der Waals surface area contributed by atoms with Crippen molar-refractivity contribution in [2.24, 2.45) is 5.41 Å². The number of aliphatic carboxylic acids is 1. The summed E-state index contributed by atoms with van der Waals surface area (Å²) in [4.78, 5) is 10.9. The normalized spacial score (nSPS) is 11.2. The fraction of sp³-hybridized carbons (Fsp3) is 0.562. The molecule has 0 heterocycles. The Morgan fingerprint density at radius 2 is 1.65 bits per heavy atom. The van der Waals surface area contributed by atoms with Gasteiger partial charge in [-0.2, -0.15) is 0 Å². The first-order valence-electron chi connectivity index (χ1n) is 7.05. The van der Waals surface area contributed by atoms with Crippen molar-refractivity contribution in [2.75, 3.05) is 13.2 Å². The quantitative estimate of drug-likeness (QED) is 0.700. The van der Waals surface area contributed by atoms with Crippen molar-refractivity contribution < 1.29 is 19.4 Å². The van der Waals surface area contributed by atoms with Crippen LogP contribution in [0.25, 0.3) is 0 Å². The molecule has 0 unspecified atom stereocenters. The van der Waals surface area contributed by atoms with Crippen LogP contribution in [0.4, 0.5) is 0 Å². The summed E-state index contributed by atoms with van der Waals surface area (Å²) in [7, 11) is 0. The third-order valence-corrected chi connectivity index (χ3v) is 3.18. The van der Waals surface area contributed by atoms with Gasteiger partial charge in [0.2, 0.25) is 0 Å². The van der Waals surface area contributed by atoms with E-state index in [0.717, 1.165) is 24.3 Å². The summed E-state index contributed by atoms with van der Waals surface area (Å²) in [6.07, 6.45) is 2.36. The number of carbonyl (C=O) groups is 1. The van der Waals surface area contributed by atoms with Gasteiger partial charge in [0.15, 0.2) is 0 Å². The third kappa shape index (κ3) is 5.51. The van der Waals surface area contributed by atoms with E-state index in [4.69, 9.17) is 14.6 Å². The number of rotatable bonds is 9. The molecule has 0 atom stereocenters. The molecule has 0 fully saturated rings. The molecular weight excluding hydrogens is 256 g/mol. The third-order valence-electron chi connectivity index (χ3n) is 3.18. The Hall–Kier alpha value is -1.71. The molecule has 1 rings (SSSR count). The molecule has 0 amide bonds. The van der Waals surface area contributed by atoms with Gasteiger partial charge < -0.3 is 14.6 Å². The van der Waals surface area contributed by atoms with E-state index in [1.807, 2.05) is 31.2 Å². The molecule has 1 N–H and O–H groups in total. The molecule has 112 valence electrons. The van der Waals surface area contributed by atoms with E-state index in [-0.39, 0.29) is 0 Å². The Morgan fingerprint density at radius 1 is 1.10 bits per heavy atom. The van der Waals surface area contributed by atoms with E-state index < -0.39 is 11.4 Å². The molecule has 4 heteroatoms. The van der Waals surface area contributed by atoms with Crippen molar-refractivity contribution in [1.29, 1.82) is 0 Å². The summed E-state index contributed by atoms with van der Waals surface area (Å²) in [6.45, 7) is 6.71. The van der Waals surface area contributed by atoms with E-state index in [1.54, 1.807) is 13.8 Å². The average Bonchev–Trinajstić information content (AvgIpc) is 2.40. The van der Waals surface area contributed by atoms with Crippen molar-refractivity contribution in [2.45, 2.75) is 40.0 Å². The number of carboxylic acid groups (broad SMARTS) is 1. The van der Waals surface area contributed by atoms with Crippen LogP contribution in [0.2, 0.25) is 0 Å². The smallest absolute Gasteiger partial charge is 0.309 e. The standard InChI is InChI=1S/C16H24O4/c1-4-19-13-7-9-14(10-8-13)20-12-6-5-11-16(2,3)15(17)18/h7-10H,4-6,11-12H2,1-3H3,(H,17,18). The average molecular weight is 280 g/mol. The minimum absolute atomic E-state index is 0.601. The molecule has 20 heavy (non-hydrogen) atoms. The maximum Gasteiger partial charge on any atom is 0.309 e. The van der Waals surface area contributed by atoms with Crippen LogP contribution in [0.3, 0.4) is 0 Å². The number of carboxylic acids is 1. The molecule has 4 nitrogen and oxygen atoms in total. The molecule has 0 aliphatic heterocycles.